The summed E-state index contributed by atoms with van der Waals surface area (Å²) in [5.74, 6) is 0. The van der Waals surface area contributed by atoms with Gasteiger partial charge >= 0.3 is 7.12 Å². The molecule has 1 aliphatic heterocycles. The van der Waals surface area contributed by atoms with Crippen LogP contribution in [0.3, 0.4) is 0 Å². The zero-order valence-corrected chi connectivity index (χ0v) is 10.9. The van der Waals surface area contributed by atoms with E-state index in [1.165, 1.54) is 6.20 Å². The maximum absolute atomic E-state index is 8.97. The van der Waals surface area contributed by atoms with Crippen LogP contribution in [0.25, 0.3) is 0 Å². The van der Waals surface area contributed by atoms with E-state index in [9.17, 15) is 0 Å². The summed E-state index contributed by atoms with van der Waals surface area (Å²) in [6.07, 6.45) is 5.38. The van der Waals surface area contributed by atoms with E-state index < -0.39 is 7.12 Å². The number of aromatic nitrogens is 2. The summed E-state index contributed by atoms with van der Waals surface area (Å²) in [6, 6.07) is 0.397. The molecule has 2 N–H and O–H groups in total. The summed E-state index contributed by atoms with van der Waals surface area (Å²) in [6.45, 7) is 6.14. The van der Waals surface area contributed by atoms with E-state index in [0.29, 0.717) is 11.5 Å². The van der Waals surface area contributed by atoms with Crippen molar-refractivity contribution in [2.75, 3.05) is 20.1 Å². The maximum Gasteiger partial charge on any atom is 0.491 e. The van der Waals surface area contributed by atoms with Gasteiger partial charge in [-0.15, -0.1) is 0 Å². The van der Waals surface area contributed by atoms with E-state index in [4.69, 9.17) is 10.0 Å². The number of nitrogens with zero attached hydrogens (tertiary/aromatic N) is 3. The lowest BCUT2D eigenvalue weighted by atomic mass is 9.83. The van der Waals surface area contributed by atoms with Gasteiger partial charge in [-0.25, -0.2) is 0 Å². The van der Waals surface area contributed by atoms with Crippen molar-refractivity contribution in [2.24, 2.45) is 0 Å². The van der Waals surface area contributed by atoms with Gasteiger partial charge < -0.3 is 14.9 Å². The van der Waals surface area contributed by atoms with Crippen molar-refractivity contribution in [3.8, 4) is 0 Å². The van der Waals surface area contributed by atoms with Crippen LogP contribution in [-0.4, -0.2) is 52.0 Å². The van der Waals surface area contributed by atoms with Crippen molar-refractivity contribution >= 4 is 12.6 Å². The van der Waals surface area contributed by atoms with E-state index in [1.54, 1.807) is 6.20 Å². The molecule has 1 aromatic rings. The van der Waals surface area contributed by atoms with Crippen LogP contribution in [0.15, 0.2) is 12.4 Å². The molecule has 1 saturated heterocycles. The third-order valence-electron chi connectivity index (χ3n) is 2.98. The van der Waals surface area contributed by atoms with Crippen LogP contribution in [-0.2, 0) is 0 Å². The van der Waals surface area contributed by atoms with Crippen LogP contribution >= 0.6 is 0 Å². The van der Waals surface area contributed by atoms with Crippen molar-refractivity contribution in [1.82, 2.24) is 14.7 Å². The molecular formula is C11H22BN3O2. The lowest BCUT2D eigenvalue weighted by Crippen LogP contribution is -2.32. The average molecular weight is 239 g/mol. The van der Waals surface area contributed by atoms with Crippen molar-refractivity contribution < 1.29 is 10.0 Å². The molecule has 17 heavy (non-hydrogen) atoms. The van der Waals surface area contributed by atoms with Crippen LogP contribution in [0.5, 0.6) is 0 Å². The second-order valence-corrected chi connectivity index (χ2v) is 4.16. The molecule has 0 radical (unpaired) electrons. The number of likely N-dealkylation sites (tertiary alicyclic amines) is 1. The molecule has 0 spiro atoms. The van der Waals surface area contributed by atoms with Gasteiger partial charge in [0.25, 0.3) is 0 Å². The van der Waals surface area contributed by atoms with E-state index >= 15 is 0 Å². The summed E-state index contributed by atoms with van der Waals surface area (Å²) in [4.78, 5) is 2.29. The van der Waals surface area contributed by atoms with Gasteiger partial charge in [0.2, 0.25) is 0 Å². The molecule has 0 saturated carbocycles. The molecule has 1 aromatic heterocycles. The Morgan fingerprint density at radius 3 is 2.35 bits per heavy atom. The predicted octanol–water partition coefficient (Wildman–Crippen LogP) is -0.144. The molecule has 96 valence electrons. The first kappa shape index (κ1) is 14.2. The highest BCUT2D eigenvalue weighted by atomic mass is 16.4. The first-order chi connectivity index (χ1) is 8.16. The van der Waals surface area contributed by atoms with Gasteiger partial charge in [0.15, 0.2) is 0 Å². The Hall–Kier alpha value is -0.845. The molecule has 2 heterocycles. The predicted molar refractivity (Wildman–Crippen MR) is 69.2 cm³/mol. The number of hydrogen-bond donors (Lipinski definition) is 2. The minimum atomic E-state index is -1.41. The highest BCUT2D eigenvalue weighted by Gasteiger charge is 2.20. The smallest absolute Gasteiger partial charge is 0.423 e. The monoisotopic (exact) mass is 239 g/mol. The fourth-order valence-electron chi connectivity index (χ4n) is 1.95. The highest BCUT2D eigenvalue weighted by Crippen LogP contribution is 2.19. The van der Waals surface area contributed by atoms with Crippen molar-refractivity contribution in [3.05, 3.63) is 12.4 Å². The Balaban J connectivity index is 0.000000686. The fraction of sp³-hybridized carbons (Fsp3) is 0.727. The molecule has 2 rings (SSSR count). The molecule has 5 nitrogen and oxygen atoms in total. The normalized spacial score (nSPS) is 17.5. The largest absolute Gasteiger partial charge is 0.491 e. The fourth-order valence-corrected chi connectivity index (χ4v) is 1.95. The lowest BCUT2D eigenvalue weighted by Gasteiger charge is -2.28. The Kier molecular flexibility index (Phi) is 5.67. The van der Waals surface area contributed by atoms with E-state index in [2.05, 4.69) is 17.0 Å². The Bertz CT molecular complexity index is 322. The minimum absolute atomic E-state index is 0.397. The Morgan fingerprint density at radius 2 is 1.88 bits per heavy atom. The summed E-state index contributed by atoms with van der Waals surface area (Å²) in [5, 5.41) is 22.1. The van der Waals surface area contributed by atoms with Crippen LogP contribution in [0.1, 0.15) is 32.7 Å². The summed E-state index contributed by atoms with van der Waals surface area (Å²) in [5.41, 5.74) is 0.467. The molecule has 0 aromatic carbocycles. The lowest BCUT2D eigenvalue weighted by molar-refractivity contribution is 0.212. The third kappa shape index (κ3) is 3.83. The second kappa shape index (κ2) is 6.78. The molecule has 0 atom stereocenters. The molecule has 6 heteroatoms. The van der Waals surface area contributed by atoms with Gasteiger partial charge in [-0.05, 0) is 33.0 Å². The molecular weight excluding hydrogens is 217 g/mol. The highest BCUT2D eigenvalue weighted by molar-refractivity contribution is 6.58. The standard InChI is InChI=1S/C9H16BN3O2.C2H6/c1-12-4-2-9(3-5-12)13-7-8(6-11-13)10(14)15;1-2/h6-7,9,14-15H,2-5H2,1H3;1-2H3. The first-order valence-corrected chi connectivity index (χ1v) is 6.25. The summed E-state index contributed by atoms with van der Waals surface area (Å²) in [7, 11) is 0.701. The third-order valence-corrected chi connectivity index (χ3v) is 2.98. The molecule has 1 fully saturated rings. The van der Waals surface area contributed by atoms with Crippen molar-refractivity contribution in [3.63, 3.8) is 0 Å². The minimum Gasteiger partial charge on any atom is -0.423 e. The quantitative estimate of drug-likeness (QED) is 0.705. The van der Waals surface area contributed by atoms with Gasteiger partial charge in [0, 0.05) is 17.9 Å². The SMILES string of the molecule is CC.CN1CCC(n2cc(B(O)O)cn2)CC1. The Labute approximate surface area is 103 Å². The van der Waals surface area contributed by atoms with Crippen molar-refractivity contribution in [1.29, 1.82) is 0 Å². The van der Waals surface area contributed by atoms with Crippen molar-refractivity contribution in [2.45, 2.75) is 32.7 Å². The number of piperidine rings is 1. The molecule has 0 aliphatic carbocycles. The summed E-state index contributed by atoms with van der Waals surface area (Å²) >= 11 is 0. The topological polar surface area (TPSA) is 61.5 Å². The van der Waals surface area contributed by atoms with Gasteiger partial charge in [-0.2, -0.15) is 5.10 Å². The average Bonchev–Trinajstić information content (AvgIpc) is 2.82. The zero-order chi connectivity index (χ0) is 12.8. The molecule has 0 unspecified atom stereocenters. The van der Waals surface area contributed by atoms with Crippen LogP contribution in [0.2, 0.25) is 0 Å². The van der Waals surface area contributed by atoms with Crippen LogP contribution < -0.4 is 5.46 Å². The first-order valence-electron chi connectivity index (χ1n) is 6.25. The number of rotatable bonds is 2. The van der Waals surface area contributed by atoms with Crippen LogP contribution in [0.4, 0.5) is 0 Å². The van der Waals surface area contributed by atoms with Crippen LogP contribution in [0, 0.1) is 0 Å². The zero-order valence-electron chi connectivity index (χ0n) is 10.9. The molecule has 1 aliphatic rings. The second-order valence-electron chi connectivity index (χ2n) is 4.16. The summed E-state index contributed by atoms with van der Waals surface area (Å²) < 4.78 is 1.85. The maximum atomic E-state index is 8.97. The molecule has 0 amide bonds. The number of hydrogen-bond acceptors (Lipinski definition) is 4. The van der Waals surface area contributed by atoms with Gasteiger partial charge in [-0.1, -0.05) is 13.8 Å². The van der Waals surface area contributed by atoms with Gasteiger partial charge in [-0.3, -0.25) is 4.68 Å². The van der Waals surface area contributed by atoms with Gasteiger partial charge in [0.05, 0.1) is 6.04 Å². The van der Waals surface area contributed by atoms with E-state index in [1.807, 2.05) is 18.5 Å². The van der Waals surface area contributed by atoms with E-state index in [0.717, 1.165) is 25.9 Å². The Morgan fingerprint density at radius 1 is 1.29 bits per heavy atom. The van der Waals surface area contributed by atoms with Gasteiger partial charge in [0.1, 0.15) is 0 Å². The van der Waals surface area contributed by atoms with E-state index in [-0.39, 0.29) is 0 Å². The molecule has 0 bridgehead atoms.